The molecule has 0 spiro atoms. The standard InChI is InChI=1S/C21H25F3N2/c1-15-7-8-16(2)19(13-15)20(26-11-4-9-25-10-12-26)17-5-3-6-18(14-17)21(22,23)24/h3,5-8,13-14,20,25H,4,9-12H2,1-2H3. The molecule has 2 aromatic rings. The maximum atomic E-state index is 13.3. The number of rotatable bonds is 3. The summed E-state index contributed by atoms with van der Waals surface area (Å²) in [6.45, 7) is 7.52. The third-order valence-electron chi connectivity index (χ3n) is 5.00. The minimum atomic E-state index is -4.33. The number of halogens is 3. The van der Waals surface area contributed by atoms with Crippen molar-refractivity contribution in [1.29, 1.82) is 0 Å². The monoisotopic (exact) mass is 362 g/mol. The highest BCUT2D eigenvalue weighted by Crippen LogP contribution is 2.36. The maximum Gasteiger partial charge on any atom is 0.416 e. The second kappa shape index (κ2) is 7.80. The van der Waals surface area contributed by atoms with Crippen molar-refractivity contribution in [2.75, 3.05) is 26.2 Å². The molecule has 2 nitrogen and oxygen atoms in total. The largest absolute Gasteiger partial charge is 0.416 e. The molecule has 3 rings (SSSR count). The molecule has 1 fully saturated rings. The van der Waals surface area contributed by atoms with Crippen LogP contribution >= 0.6 is 0 Å². The molecule has 0 saturated carbocycles. The molecule has 1 N–H and O–H groups in total. The average molecular weight is 362 g/mol. The maximum absolute atomic E-state index is 13.3. The van der Waals surface area contributed by atoms with Gasteiger partial charge in [-0.1, -0.05) is 35.9 Å². The van der Waals surface area contributed by atoms with Crippen molar-refractivity contribution in [3.63, 3.8) is 0 Å². The number of aryl methyl sites for hydroxylation is 2. The highest BCUT2D eigenvalue weighted by molar-refractivity contribution is 5.41. The van der Waals surface area contributed by atoms with Crippen molar-refractivity contribution >= 4 is 0 Å². The lowest BCUT2D eigenvalue weighted by molar-refractivity contribution is -0.137. The van der Waals surface area contributed by atoms with E-state index in [1.165, 1.54) is 12.1 Å². The Bertz CT molecular complexity index is 747. The quantitative estimate of drug-likeness (QED) is 0.851. The summed E-state index contributed by atoms with van der Waals surface area (Å²) in [5.74, 6) is 0. The summed E-state index contributed by atoms with van der Waals surface area (Å²) in [6.07, 6.45) is -3.34. The van der Waals surface area contributed by atoms with Crippen LogP contribution in [0.2, 0.25) is 0 Å². The minimum absolute atomic E-state index is 0.169. The SMILES string of the molecule is Cc1ccc(C)c(C(c2cccc(C(F)(F)F)c2)N2CCCNCC2)c1. The summed E-state index contributed by atoms with van der Waals surface area (Å²) in [4.78, 5) is 2.30. The summed E-state index contributed by atoms with van der Waals surface area (Å²) >= 11 is 0. The van der Waals surface area contributed by atoms with E-state index in [1.807, 2.05) is 26.0 Å². The van der Waals surface area contributed by atoms with Gasteiger partial charge in [-0.15, -0.1) is 0 Å². The fraction of sp³-hybridized carbons (Fsp3) is 0.429. The van der Waals surface area contributed by atoms with Crippen LogP contribution in [-0.4, -0.2) is 31.1 Å². The third-order valence-corrected chi connectivity index (χ3v) is 5.00. The summed E-state index contributed by atoms with van der Waals surface area (Å²) in [6, 6.07) is 11.8. The Kier molecular flexibility index (Phi) is 5.68. The van der Waals surface area contributed by atoms with Gasteiger partial charge in [0.15, 0.2) is 0 Å². The summed E-state index contributed by atoms with van der Waals surface area (Å²) in [5, 5.41) is 3.37. The predicted molar refractivity (Wildman–Crippen MR) is 98.3 cm³/mol. The molecule has 26 heavy (non-hydrogen) atoms. The van der Waals surface area contributed by atoms with Crippen LogP contribution in [-0.2, 0) is 6.18 Å². The van der Waals surface area contributed by atoms with Gasteiger partial charge >= 0.3 is 6.18 Å². The van der Waals surface area contributed by atoms with Gasteiger partial charge in [-0.25, -0.2) is 0 Å². The second-order valence-corrected chi connectivity index (χ2v) is 7.03. The van der Waals surface area contributed by atoms with Crippen molar-refractivity contribution < 1.29 is 13.2 Å². The first-order valence-corrected chi connectivity index (χ1v) is 9.05. The molecule has 0 bridgehead atoms. The summed E-state index contributed by atoms with van der Waals surface area (Å²) in [5.41, 5.74) is 3.44. The number of hydrogen-bond donors (Lipinski definition) is 1. The van der Waals surface area contributed by atoms with Crippen LogP contribution in [0.15, 0.2) is 42.5 Å². The number of nitrogens with zero attached hydrogens (tertiary/aromatic N) is 1. The first kappa shape index (κ1) is 18.9. The Morgan fingerprint density at radius 2 is 1.81 bits per heavy atom. The van der Waals surface area contributed by atoms with Gasteiger partial charge in [0.05, 0.1) is 11.6 Å². The molecule has 140 valence electrons. The minimum Gasteiger partial charge on any atom is -0.315 e. The van der Waals surface area contributed by atoms with E-state index >= 15 is 0 Å². The second-order valence-electron chi connectivity index (χ2n) is 7.03. The zero-order valence-corrected chi connectivity index (χ0v) is 15.2. The molecular formula is C21H25F3N2. The van der Waals surface area contributed by atoms with Gasteiger partial charge in [0.2, 0.25) is 0 Å². The smallest absolute Gasteiger partial charge is 0.315 e. The van der Waals surface area contributed by atoms with Crippen molar-refractivity contribution in [3.05, 3.63) is 70.3 Å². The number of alkyl halides is 3. The van der Waals surface area contributed by atoms with Crippen LogP contribution in [0.25, 0.3) is 0 Å². The highest BCUT2D eigenvalue weighted by atomic mass is 19.4. The zero-order valence-electron chi connectivity index (χ0n) is 15.2. The molecule has 1 atom stereocenters. The topological polar surface area (TPSA) is 15.3 Å². The molecular weight excluding hydrogens is 337 g/mol. The fourth-order valence-corrected chi connectivity index (χ4v) is 3.65. The molecule has 0 aromatic heterocycles. The van der Waals surface area contributed by atoms with Crippen molar-refractivity contribution in [2.45, 2.75) is 32.5 Å². The van der Waals surface area contributed by atoms with E-state index < -0.39 is 11.7 Å². The van der Waals surface area contributed by atoms with Gasteiger partial charge in [0, 0.05) is 19.6 Å². The van der Waals surface area contributed by atoms with E-state index in [0.29, 0.717) is 5.56 Å². The Morgan fingerprint density at radius 3 is 2.58 bits per heavy atom. The van der Waals surface area contributed by atoms with Gasteiger partial charge in [-0.3, -0.25) is 4.90 Å². The first-order valence-electron chi connectivity index (χ1n) is 9.05. The van der Waals surface area contributed by atoms with Gasteiger partial charge in [-0.2, -0.15) is 13.2 Å². The number of nitrogens with one attached hydrogen (secondary N) is 1. The first-order chi connectivity index (χ1) is 12.4. The van der Waals surface area contributed by atoms with Gasteiger partial charge < -0.3 is 5.32 Å². The Hall–Kier alpha value is -1.85. The zero-order chi connectivity index (χ0) is 18.7. The molecule has 1 unspecified atom stereocenters. The van der Waals surface area contributed by atoms with E-state index in [1.54, 1.807) is 0 Å². The molecule has 1 aliphatic heterocycles. The van der Waals surface area contributed by atoms with Gasteiger partial charge in [-0.05, 0) is 55.6 Å². The molecule has 1 saturated heterocycles. The van der Waals surface area contributed by atoms with E-state index in [-0.39, 0.29) is 6.04 Å². The molecule has 0 radical (unpaired) electrons. The molecule has 2 aromatic carbocycles. The van der Waals surface area contributed by atoms with Crippen LogP contribution in [0.1, 0.15) is 40.3 Å². The van der Waals surface area contributed by atoms with Crippen molar-refractivity contribution in [1.82, 2.24) is 10.2 Å². The van der Waals surface area contributed by atoms with Crippen LogP contribution in [0.4, 0.5) is 13.2 Å². The van der Waals surface area contributed by atoms with Crippen molar-refractivity contribution in [3.8, 4) is 0 Å². The van der Waals surface area contributed by atoms with E-state index in [9.17, 15) is 13.2 Å². The van der Waals surface area contributed by atoms with Crippen molar-refractivity contribution in [2.24, 2.45) is 0 Å². The Labute approximate surface area is 153 Å². The number of hydrogen-bond acceptors (Lipinski definition) is 2. The van der Waals surface area contributed by atoms with Crippen LogP contribution < -0.4 is 5.32 Å². The van der Waals surface area contributed by atoms with Crippen LogP contribution in [0, 0.1) is 13.8 Å². The molecule has 0 amide bonds. The van der Waals surface area contributed by atoms with E-state index in [0.717, 1.165) is 55.4 Å². The van der Waals surface area contributed by atoms with E-state index in [4.69, 9.17) is 0 Å². The fourth-order valence-electron chi connectivity index (χ4n) is 3.65. The average Bonchev–Trinajstić information content (AvgIpc) is 2.87. The van der Waals surface area contributed by atoms with Crippen LogP contribution in [0.3, 0.4) is 0 Å². The molecule has 0 aliphatic carbocycles. The lowest BCUT2D eigenvalue weighted by atomic mass is 9.91. The third kappa shape index (κ3) is 4.27. The van der Waals surface area contributed by atoms with Gasteiger partial charge in [0.25, 0.3) is 0 Å². The predicted octanol–water partition coefficient (Wildman–Crippen LogP) is 4.71. The normalized spacial score (nSPS) is 17.7. The van der Waals surface area contributed by atoms with Gasteiger partial charge in [0.1, 0.15) is 0 Å². The molecule has 1 heterocycles. The summed E-state index contributed by atoms with van der Waals surface area (Å²) < 4.78 is 39.8. The lowest BCUT2D eigenvalue weighted by Gasteiger charge is -2.33. The van der Waals surface area contributed by atoms with E-state index in [2.05, 4.69) is 22.3 Å². The lowest BCUT2D eigenvalue weighted by Crippen LogP contribution is -2.33. The molecule has 5 heteroatoms. The summed E-state index contributed by atoms with van der Waals surface area (Å²) in [7, 11) is 0. The van der Waals surface area contributed by atoms with Crippen LogP contribution in [0.5, 0.6) is 0 Å². The Balaban J connectivity index is 2.10. The number of benzene rings is 2. The molecule has 1 aliphatic rings. The highest BCUT2D eigenvalue weighted by Gasteiger charge is 2.32. The Morgan fingerprint density at radius 1 is 1.00 bits per heavy atom.